The number of nitrogens with zero attached hydrogens (tertiary/aromatic N) is 3. The summed E-state index contributed by atoms with van der Waals surface area (Å²) in [5.41, 5.74) is -0.311. The molecule has 0 aliphatic carbocycles. The molecule has 1 atom stereocenters. The van der Waals surface area contributed by atoms with E-state index in [4.69, 9.17) is 10.00 Å². The van der Waals surface area contributed by atoms with Gasteiger partial charge in [-0.05, 0) is 31.9 Å². The van der Waals surface area contributed by atoms with Crippen LogP contribution in [0.15, 0.2) is 23.1 Å². The second-order valence-electron chi connectivity index (χ2n) is 5.24. The normalized spacial score (nSPS) is 15.5. The third kappa shape index (κ3) is 3.85. The van der Waals surface area contributed by atoms with Crippen molar-refractivity contribution >= 4 is 5.91 Å². The Hall–Kier alpha value is -2.29. The van der Waals surface area contributed by atoms with Gasteiger partial charge in [0.25, 0.3) is 11.5 Å². The number of carbonyl (C=O) groups is 1. The summed E-state index contributed by atoms with van der Waals surface area (Å²) in [5, 5.41) is 8.81. The van der Waals surface area contributed by atoms with Gasteiger partial charge in [-0.1, -0.05) is 0 Å². The number of carbonyl (C=O) groups excluding carboxylic acids is 1. The molecule has 0 N–H and O–H groups in total. The summed E-state index contributed by atoms with van der Waals surface area (Å²) in [5.74, 6) is -0.202. The van der Waals surface area contributed by atoms with Crippen molar-refractivity contribution in [3.63, 3.8) is 0 Å². The van der Waals surface area contributed by atoms with Crippen LogP contribution < -0.4 is 10.3 Å². The predicted octanol–water partition coefficient (Wildman–Crippen LogP) is 1.01. The van der Waals surface area contributed by atoms with Crippen LogP contribution >= 0.6 is 0 Å². The number of likely N-dealkylation sites (tertiary alicyclic amines) is 1. The molecular weight excluding hydrogens is 270 g/mol. The predicted molar refractivity (Wildman–Crippen MR) is 76.8 cm³/mol. The van der Waals surface area contributed by atoms with E-state index in [1.54, 1.807) is 30.2 Å². The number of pyridine rings is 1. The lowest BCUT2D eigenvalue weighted by Crippen LogP contribution is -2.33. The summed E-state index contributed by atoms with van der Waals surface area (Å²) in [7, 11) is 0. The van der Waals surface area contributed by atoms with Gasteiger partial charge in [0.05, 0.1) is 12.0 Å². The van der Waals surface area contributed by atoms with Crippen molar-refractivity contribution in [2.75, 3.05) is 19.7 Å². The van der Waals surface area contributed by atoms with Crippen molar-refractivity contribution in [3.05, 3.63) is 28.7 Å². The Labute approximate surface area is 123 Å². The van der Waals surface area contributed by atoms with E-state index in [-0.39, 0.29) is 29.7 Å². The molecule has 1 saturated heterocycles. The minimum Gasteiger partial charge on any atom is -0.478 e. The van der Waals surface area contributed by atoms with Crippen molar-refractivity contribution in [2.24, 2.45) is 5.92 Å². The standard InChI is InChI=1S/C15H19N3O3/c1-12(9-16)10-18-8-4-5-13(15(18)20)21-11-14(19)17-6-2-3-7-17/h4-5,8,12H,2-3,6-7,10-11H2,1H3. The first kappa shape index (κ1) is 15.1. The van der Waals surface area contributed by atoms with Gasteiger partial charge in [-0.2, -0.15) is 5.26 Å². The Kier molecular flexibility index (Phi) is 4.99. The zero-order chi connectivity index (χ0) is 15.2. The summed E-state index contributed by atoms with van der Waals surface area (Å²) in [4.78, 5) is 25.8. The maximum absolute atomic E-state index is 12.2. The van der Waals surface area contributed by atoms with Crippen LogP contribution in [0.5, 0.6) is 5.75 Å². The lowest BCUT2D eigenvalue weighted by molar-refractivity contribution is -0.132. The summed E-state index contributed by atoms with van der Waals surface area (Å²) in [6.45, 7) is 3.47. The van der Waals surface area contributed by atoms with Gasteiger partial charge in [0.2, 0.25) is 0 Å². The Balaban J connectivity index is 2.00. The van der Waals surface area contributed by atoms with Crippen molar-refractivity contribution < 1.29 is 9.53 Å². The zero-order valence-corrected chi connectivity index (χ0v) is 12.1. The summed E-state index contributed by atoms with van der Waals surface area (Å²) in [6.07, 6.45) is 3.66. The summed E-state index contributed by atoms with van der Waals surface area (Å²) >= 11 is 0. The van der Waals surface area contributed by atoms with Crippen LogP contribution in [0.1, 0.15) is 19.8 Å². The highest BCUT2D eigenvalue weighted by Crippen LogP contribution is 2.09. The number of ether oxygens (including phenoxy) is 1. The van der Waals surface area contributed by atoms with Gasteiger partial charge in [-0.15, -0.1) is 0 Å². The van der Waals surface area contributed by atoms with Gasteiger partial charge >= 0.3 is 0 Å². The van der Waals surface area contributed by atoms with Crippen molar-refractivity contribution in [2.45, 2.75) is 26.3 Å². The Bertz CT molecular complexity index is 597. The van der Waals surface area contributed by atoms with E-state index in [1.165, 1.54) is 4.57 Å². The Morgan fingerprint density at radius 1 is 1.48 bits per heavy atom. The van der Waals surface area contributed by atoms with E-state index in [0.29, 0.717) is 6.54 Å². The van der Waals surface area contributed by atoms with Gasteiger partial charge < -0.3 is 14.2 Å². The molecule has 1 fully saturated rings. The number of rotatable bonds is 5. The van der Waals surface area contributed by atoms with Gasteiger partial charge in [0.1, 0.15) is 0 Å². The number of hydrogen-bond donors (Lipinski definition) is 0. The molecule has 1 unspecified atom stereocenters. The van der Waals surface area contributed by atoms with Gasteiger partial charge in [0, 0.05) is 25.8 Å². The van der Waals surface area contributed by atoms with Gasteiger partial charge in [-0.25, -0.2) is 0 Å². The lowest BCUT2D eigenvalue weighted by Gasteiger charge is -2.15. The average Bonchev–Trinajstić information content (AvgIpc) is 3.02. The molecule has 0 aromatic carbocycles. The molecule has 0 bridgehead atoms. The van der Waals surface area contributed by atoms with Crippen LogP contribution in [0.2, 0.25) is 0 Å². The average molecular weight is 289 g/mol. The third-order valence-electron chi connectivity index (χ3n) is 3.49. The molecule has 2 heterocycles. The number of nitriles is 1. The quantitative estimate of drug-likeness (QED) is 0.810. The van der Waals surface area contributed by atoms with Crippen molar-refractivity contribution in [1.29, 1.82) is 5.26 Å². The molecule has 1 aromatic heterocycles. The highest BCUT2D eigenvalue weighted by molar-refractivity contribution is 5.77. The van der Waals surface area contributed by atoms with E-state index in [2.05, 4.69) is 6.07 Å². The zero-order valence-electron chi connectivity index (χ0n) is 12.1. The molecule has 1 amide bonds. The molecule has 0 spiro atoms. The number of aromatic nitrogens is 1. The molecule has 0 saturated carbocycles. The molecule has 21 heavy (non-hydrogen) atoms. The van der Waals surface area contributed by atoms with Crippen LogP contribution in [0.3, 0.4) is 0 Å². The van der Waals surface area contributed by atoms with E-state index < -0.39 is 0 Å². The summed E-state index contributed by atoms with van der Waals surface area (Å²) in [6, 6.07) is 5.32. The fourth-order valence-corrected chi connectivity index (χ4v) is 2.30. The summed E-state index contributed by atoms with van der Waals surface area (Å²) < 4.78 is 6.79. The molecule has 0 radical (unpaired) electrons. The molecule has 2 rings (SSSR count). The first-order chi connectivity index (χ1) is 10.1. The van der Waals surface area contributed by atoms with E-state index >= 15 is 0 Å². The number of amides is 1. The van der Waals surface area contributed by atoms with E-state index in [9.17, 15) is 9.59 Å². The van der Waals surface area contributed by atoms with E-state index in [0.717, 1.165) is 25.9 Å². The third-order valence-corrected chi connectivity index (χ3v) is 3.49. The fourth-order valence-electron chi connectivity index (χ4n) is 2.30. The highest BCUT2D eigenvalue weighted by atomic mass is 16.5. The second-order valence-corrected chi connectivity index (χ2v) is 5.24. The second kappa shape index (κ2) is 6.93. The van der Waals surface area contributed by atoms with Crippen molar-refractivity contribution in [3.8, 4) is 11.8 Å². The molecule has 112 valence electrons. The Morgan fingerprint density at radius 3 is 2.86 bits per heavy atom. The van der Waals surface area contributed by atoms with Gasteiger partial charge in [0.15, 0.2) is 12.4 Å². The lowest BCUT2D eigenvalue weighted by atomic mass is 10.2. The fraction of sp³-hybridized carbons (Fsp3) is 0.533. The van der Waals surface area contributed by atoms with Crippen LogP contribution in [0.25, 0.3) is 0 Å². The van der Waals surface area contributed by atoms with E-state index in [1.807, 2.05) is 0 Å². The maximum Gasteiger partial charge on any atom is 0.292 e. The Morgan fingerprint density at radius 2 is 2.19 bits per heavy atom. The topological polar surface area (TPSA) is 75.3 Å². The molecule has 6 nitrogen and oxygen atoms in total. The highest BCUT2D eigenvalue weighted by Gasteiger charge is 2.18. The number of hydrogen-bond acceptors (Lipinski definition) is 4. The maximum atomic E-state index is 12.2. The SMILES string of the molecule is CC(C#N)Cn1cccc(OCC(=O)N2CCCC2)c1=O. The van der Waals surface area contributed by atoms with Crippen LogP contribution in [-0.4, -0.2) is 35.1 Å². The molecule has 1 aliphatic heterocycles. The van der Waals surface area contributed by atoms with Gasteiger partial charge in [-0.3, -0.25) is 9.59 Å². The monoisotopic (exact) mass is 289 g/mol. The van der Waals surface area contributed by atoms with Crippen LogP contribution in [0, 0.1) is 17.2 Å². The minimum atomic E-state index is -0.311. The first-order valence-electron chi connectivity index (χ1n) is 7.11. The van der Waals surface area contributed by atoms with Crippen molar-refractivity contribution in [1.82, 2.24) is 9.47 Å². The molecular formula is C15H19N3O3. The first-order valence-corrected chi connectivity index (χ1v) is 7.11. The molecule has 1 aliphatic rings. The molecule has 1 aromatic rings. The minimum absolute atomic E-state index is 0.0901. The largest absolute Gasteiger partial charge is 0.478 e. The molecule has 6 heteroatoms. The smallest absolute Gasteiger partial charge is 0.292 e. The van der Waals surface area contributed by atoms with Crippen LogP contribution in [0.4, 0.5) is 0 Å². The van der Waals surface area contributed by atoms with Crippen LogP contribution in [-0.2, 0) is 11.3 Å².